The van der Waals surface area contributed by atoms with Crippen LogP contribution in [0.5, 0.6) is 0 Å². The highest BCUT2D eigenvalue weighted by molar-refractivity contribution is 6.31. The minimum Gasteiger partial charge on any atom is -0.344 e. The van der Waals surface area contributed by atoms with E-state index in [1.54, 1.807) is 21.6 Å². The van der Waals surface area contributed by atoms with Gasteiger partial charge in [-0.1, -0.05) is 56.6 Å². The van der Waals surface area contributed by atoms with Gasteiger partial charge >= 0.3 is 0 Å². The molecule has 160 valence electrons. The number of rotatable bonds is 8. The Morgan fingerprint density at radius 2 is 1.73 bits per heavy atom. The van der Waals surface area contributed by atoms with Crippen molar-refractivity contribution < 1.29 is 4.79 Å². The van der Waals surface area contributed by atoms with Gasteiger partial charge in [0.25, 0.3) is 5.91 Å². The van der Waals surface area contributed by atoms with E-state index in [0.29, 0.717) is 23.3 Å². The first-order valence-corrected chi connectivity index (χ1v) is 10.9. The van der Waals surface area contributed by atoms with E-state index in [0.717, 1.165) is 29.8 Å². The van der Waals surface area contributed by atoms with E-state index in [4.69, 9.17) is 11.6 Å². The van der Waals surface area contributed by atoms with Crippen molar-refractivity contribution in [2.24, 2.45) is 0 Å². The van der Waals surface area contributed by atoms with Crippen molar-refractivity contribution in [2.45, 2.75) is 66.1 Å². The van der Waals surface area contributed by atoms with Crippen molar-refractivity contribution in [1.82, 2.24) is 24.9 Å². The van der Waals surface area contributed by atoms with Crippen LogP contribution in [0.1, 0.15) is 78.6 Å². The van der Waals surface area contributed by atoms with Gasteiger partial charge in [-0.05, 0) is 49.8 Å². The van der Waals surface area contributed by atoms with Crippen LogP contribution >= 0.6 is 11.6 Å². The molecule has 0 radical (unpaired) electrons. The molecule has 0 saturated carbocycles. The van der Waals surface area contributed by atoms with Crippen LogP contribution in [0.25, 0.3) is 0 Å². The molecule has 6 nitrogen and oxygen atoms in total. The lowest BCUT2D eigenvalue weighted by molar-refractivity contribution is 0.0929. The summed E-state index contributed by atoms with van der Waals surface area (Å²) in [4.78, 5) is 12.8. The quantitative estimate of drug-likeness (QED) is 0.533. The van der Waals surface area contributed by atoms with Crippen LogP contribution in [0, 0.1) is 13.8 Å². The molecule has 0 spiro atoms. The SMILES string of the molecule is CCC(C)c1ccc(C(CC)NC(=O)c2ccn(Cn3nc(C)c(Cl)c3C)n2)cc1. The highest BCUT2D eigenvalue weighted by Gasteiger charge is 2.17. The average molecular weight is 428 g/mol. The molecule has 2 atom stereocenters. The van der Waals surface area contributed by atoms with Crippen LogP contribution < -0.4 is 5.32 Å². The third kappa shape index (κ3) is 4.75. The molecule has 3 rings (SSSR count). The Hall–Kier alpha value is -2.60. The number of hydrogen-bond donors (Lipinski definition) is 1. The molecule has 2 unspecified atom stereocenters. The zero-order chi connectivity index (χ0) is 21.8. The van der Waals surface area contributed by atoms with Crippen LogP contribution in [0.4, 0.5) is 0 Å². The van der Waals surface area contributed by atoms with Gasteiger partial charge in [0.05, 0.1) is 22.5 Å². The topological polar surface area (TPSA) is 64.7 Å². The summed E-state index contributed by atoms with van der Waals surface area (Å²) in [6.45, 7) is 10.7. The fraction of sp³-hybridized carbons (Fsp3) is 0.435. The van der Waals surface area contributed by atoms with E-state index in [1.807, 2.05) is 13.8 Å². The van der Waals surface area contributed by atoms with Crippen molar-refractivity contribution in [3.05, 3.63) is 69.8 Å². The molecule has 30 heavy (non-hydrogen) atoms. The number of carbonyl (C=O) groups excluding carboxylic acids is 1. The Balaban J connectivity index is 1.68. The Kier molecular flexibility index (Phi) is 6.98. The van der Waals surface area contributed by atoms with Gasteiger partial charge in [-0.25, -0.2) is 4.68 Å². The molecular weight excluding hydrogens is 398 g/mol. The van der Waals surface area contributed by atoms with Crippen molar-refractivity contribution in [2.75, 3.05) is 0 Å². The minimum absolute atomic E-state index is 0.0524. The summed E-state index contributed by atoms with van der Waals surface area (Å²) in [7, 11) is 0. The van der Waals surface area contributed by atoms with Gasteiger partial charge in [0.15, 0.2) is 0 Å². The second-order valence-corrected chi connectivity index (χ2v) is 8.15. The largest absolute Gasteiger partial charge is 0.344 e. The summed E-state index contributed by atoms with van der Waals surface area (Å²) < 4.78 is 3.46. The number of carbonyl (C=O) groups is 1. The maximum Gasteiger partial charge on any atom is 0.272 e. The highest BCUT2D eigenvalue weighted by Crippen LogP contribution is 2.23. The fourth-order valence-corrected chi connectivity index (χ4v) is 3.59. The summed E-state index contributed by atoms with van der Waals surface area (Å²) in [6, 6.07) is 10.2. The first kappa shape index (κ1) is 22.1. The van der Waals surface area contributed by atoms with Crippen LogP contribution in [0.2, 0.25) is 5.02 Å². The highest BCUT2D eigenvalue weighted by atomic mass is 35.5. The van der Waals surface area contributed by atoms with Crippen LogP contribution in [-0.2, 0) is 6.67 Å². The van der Waals surface area contributed by atoms with E-state index < -0.39 is 0 Å². The van der Waals surface area contributed by atoms with Crippen LogP contribution in [0.15, 0.2) is 36.5 Å². The van der Waals surface area contributed by atoms with Gasteiger partial charge in [0.2, 0.25) is 0 Å². The van der Waals surface area contributed by atoms with Crippen LogP contribution in [0.3, 0.4) is 0 Å². The standard InChI is InChI=1S/C23H30ClN5O/c1-6-15(3)18-8-10-19(11-9-18)20(7-2)25-23(30)21-12-13-28(27-21)14-29-17(5)22(24)16(4)26-29/h8-13,15,20H,6-7,14H2,1-5H3,(H,25,30). The molecule has 2 heterocycles. The average Bonchev–Trinajstić information content (AvgIpc) is 3.32. The number of halogens is 1. The second kappa shape index (κ2) is 9.47. The molecule has 0 aliphatic carbocycles. The number of aryl methyl sites for hydroxylation is 1. The van der Waals surface area contributed by atoms with E-state index in [9.17, 15) is 4.79 Å². The van der Waals surface area contributed by atoms with E-state index in [2.05, 4.69) is 60.6 Å². The number of aromatic nitrogens is 4. The van der Waals surface area contributed by atoms with Gasteiger partial charge in [-0.2, -0.15) is 10.2 Å². The van der Waals surface area contributed by atoms with Crippen molar-refractivity contribution >= 4 is 17.5 Å². The molecule has 0 saturated heterocycles. The summed E-state index contributed by atoms with van der Waals surface area (Å²) in [5.74, 6) is 0.354. The molecule has 0 aliphatic rings. The third-order valence-electron chi connectivity index (χ3n) is 5.68. The van der Waals surface area contributed by atoms with E-state index in [-0.39, 0.29) is 11.9 Å². The lowest BCUT2D eigenvalue weighted by Gasteiger charge is -2.18. The molecule has 2 aromatic heterocycles. The van der Waals surface area contributed by atoms with Gasteiger partial charge in [-0.3, -0.25) is 9.48 Å². The molecule has 7 heteroatoms. The van der Waals surface area contributed by atoms with Gasteiger partial charge in [0.1, 0.15) is 12.4 Å². The van der Waals surface area contributed by atoms with Crippen molar-refractivity contribution in [3.63, 3.8) is 0 Å². The molecular formula is C23H30ClN5O. The predicted molar refractivity (Wildman–Crippen MR) is 120 cm³/mol. The summed E-state index contributed by atoms with van der Waals surface area (Å²) in [5.41, 5.74) is 4.48. The molecule has 0 fully saturated rings. The summed E-state index contributed by atoms with van der Waals surface area (Å²) in [5, 5.41) is 12.6. The molecule has 0 aliphatic heterocycles. The van der Waals surface area contributed by atoms with Crippen molar-refractivity contribution in [1.29, 1.82) is 0 Å². The number of benzene rings is 1. The van der Waals surface area contributed by atoms with Gasteiger partial charge < -0.3 is 5.32 Å². The Morgan fingerprint density at radius 3 is 2.30 bits per heavy atom. The normalized spacial score (nSPS) is 13.3. The fourth-order valence-electron chi connectivity index (χ4n) is 3.46. The lowest BCUT2D eigenvalue weighted by atomic mass is 9.95. The van der Waals surface area contributed by atoms with Gasteiger partial charge in [-0.15, -0.1) is 0 Å². The van der Waals surface area contributed by atoms with E-state index >= 15 is 0 Å². The number of nitrogens with one attached hydrogen (secondary N) is 1. The molecule has 1 amide bonds. The summed E-state index contributed by atoms with van der Waals surface area (Å²) in [6.07, 6.45) is 3.69. The first-order valence-electron chi connectivity index (χ1n) is 10.5. The Bertz CT molecular complexity index is 1010. The maximum absolute atomic E-state index is 12.8. The Morgan fingerprint density at radius 1 is 1.07 bits per heavy atom. The van der Waals surface area contributed by atoms with Crippen LogP contribution in [-0.4, -0.2) is 25.5 Å². The Labute approximate surface area is 183 Å². The third-order valence-corrected chi connectivity index (χ3v) is 6.23. The molecule has 1 N–H and O–H groups in total. The second-order valence-electron chi connectivity index (χ2n) is 7.78. The number of hydrogen-bond acceptors (Lipinski definition) is 3. The number of amides is 1. The lowest BCUT2D eigenvalue weighted by Crippen LogP contribution is -2.28. The first-order chi connectivity index (χ1) is 14.3. The molecule has 0 bridgehead atoms. The smallest absolute Gasteiger partial charge is 0.272 e. The zero-order valence-corrected chi connectivity index (χ0v) is 19.1. The van der Waals surface area contributed by atoms with E-state index in [1.165, 1.54) is 5.56 Å². The molecule has 1 aromatic carbocycles. The summed E-state index contributed by atoms with van der Waals surface area (Å²) >= 11 is 6.21. The molecule has 3 aromatic rings. The number of nitrogens with zero attached hydrogens (tertiary/aromatic N) is 4. The zero-order valence-electron chi connectivity index (χ0n) is 18.3. The monoisotopic (exact) mass is 427 g/mol. The predicted octanol–water partition coefficient (Wildman–Crippen LogP) is 5.25. The maximum atomic E-state index is 12.8. The van der Waals surface area contributed by atoms with Crippen molar-refractivity contribution in [3.8, 4) is 0 Å². The minimum atomic E-state index is -0.182. The van der Waals surface area contributed by atoms with Gasteiger partial charge in [0, 0.05) is 6.20 Å².